The molecule has 0 fully saturated rings. The molecule has 0 aromatic carbocycles. The second-order valence-corrected chi connectivity index (χ2v) is 7.05. The Kier molecular flexibility index (Phi) is 4.21. The van der Waals surface area contributed by atoms with Crippen LogP contribution < -0.4 is 11.2 Å². The molecule has 0 N–H and O–H groups in total. The van der Waals surface area contributed by atoms with Gasteiger partial charge in [0.05, 0.1) is 12.1 Å². The number of imidazole rings is 2. The van der Waals surface area contributed by atoms with Crippen LogP contribution >= 0.6 is 0 Å². The molecule has 0 saturated carbocycles. The van der Waals surface area contributed by atoms with Gasteiger partial charge in [-0.15, -0.1) is 0 Å². The summed E-state index contributed by atoms with van der Waals surface area (Å²) in [5, 5.41) is 0. The molecule has 3 rings (SSSR count). The minimum absolute atomic E-state index is 0.0424. The standard InChI is InChI=1S/C18H23N5O4/c1-8-9(2)22-14-15(19-17(22)21(8)10(3)12(5)24)20(7)18(27)23(16(14)26)11(4)13(6)25/h10-11H,1-7H3/t10-,11-/m1/s1. The quantitative estimate of drug-likeness (QED) is 0.681. The third-order valence-electron chi connectivity index (χ3n) is 5.46. The topological polar surface area (TPSA) is 100 Å². The molecule has 0 radical (unpaired) electrons. The summed E-state index contributed by atoms with van der Waals surface area (Å²) in [6.07, 6.45) is 0. The van der Waals surface area contributed by atoms with E-state index in [9.17, 15) is 19.2 Å². The van der Waals surface area contributed by atoms with E-state index < -0.39 is 23.3 Å². The van der Waals surface area contributed by atoms with Crippen molar-refractivity contribution < 1.29 is 9.59 Å². The van der Waals surface area contributed by atoms with Crippen LogP contribution in [0.1, 0.15) is 51.2 Å². The summed E-state index contributed by atoms with van der Waals surface area (Å²) in [6, 6.07) is -1.35. The fourth-order valence-electron chi connectivity index (χ4n) is 3.41. The Bertz CT molecular complexity index is 1240. The van der Waals surface area contributed by atoms with Crippen molar-refractivity contribution in [2.45, 2.75) is 53.6 Å². The molecular weight excluding hydrogens is 350 g/mol. The van der Waals surface area contributed by atoms with Crippen molar-refractivity contribution in [3.63, 3.8) is 0 Å². The predicted molar refractivity (Wildman–Crippen MR) is 100 cm³/mol. The van der Waals surface area contributed by atoms with Crippen molar-refractivity contribution in [3.05, 3.63) is 32.2 Å². The van der Waals surface area contributed by atoms with Crippen LogP contribution in [0.25, 0.3) is 16.9 Å². The van der Waals surface area contributed by atoms with Crippen LogP contribution in [-0.2, 0) is 16.6 Å². The molecule has 27 heavy (non-hydrogen) atoms. The number of Topliss-reactive ketones (excluding diaryl/α,β-unsaturated/α-hetero) is 2. The second-order valence-electron chi connectivity index (χ2n) is 7.05. The smallest absolute Gasteiger partial charge is 0.304 e. The number of fused-ring (bicyclic) bond motifs is 3. The molecule has 0 unspecified atom stereocenters. The molecule has 3 aromatic heterocycles. The van der Waals surface area contributed by atoms with Crippen molar-refractivity contribution in [2.24, 2.45) is 7.05 Å². The molecule has 3 heterocycles. The molecule has 0 bridgehead atoms. The number of aromatic nitrogens is 5. The zero-order valence-corrected chi connectivity index (χ0v) is 16.5. The maximum atomic E-state index is 13.2. The van der Waals surface area contributed by atoms with Gasteiger partial charge in [-0.2, -0.15) is 4.98 Å². The highest BCUT2D eigenvalue weighted by Gasteiger charge is 2.27. The number of carbonyl (C=O) groups is 2. The Morgan fingerprint density at radius 1 is 0.926 bits per heavy atom. The Hall–Kier alpha value is -2.97. The van der Waals surface area contributed by atoms with E-state index in [0.717, 1.165) is 16.0 Å². The molecule has 144 valence electrons. The number of nitrogens with zero attached hydrogens (tertiary/aromatic N) is 5. The first kappa shape index (κ1) is 18.8. The second kappa shape index (κ2) is 6.04. The van der Waals surface area contributed by atoms with E-state index >= 15 is 0 Å². The minimum atomic E-state index is -0.884. The first-order chi connectivity index (χ1) is 12.5. The van der Waals surface area contributed by atoms with Crippen LogP contribution in [-0.4, -0.2) is 34.7 Å². The maximum absolute atomic E-state index is 13.2. The molecule has 2 atom stereocenters. The van der Waals surface area contributed by atoms with Crippen molar-refractivity contribution in [2.75, 3.05) is 0 Å². The summed E-state index contributed by atoms with van der Waals surface area (Å²) in [7, 11) is 1.51. The van der Waals surface area contributed by atoms with Gasteiger partial charge in [0.1, 0.15) is 0 Å². The number of aryl methyl sites for hydroxylation is 2. The van der Waals surface area contributed by atoms with Crippen LogP contribution in [0.3, 0.4) is 0 Å². The number of hydrogen-bond donors (Lipinski definition) is 0. The first-order valence-corrected chi connectivity index (χ1v) is 8.72. The first-order valence-electron chi connectivity index (χ1n) is 8.72. The number of carbonyl (C=O) groups excluding carboxylic acids is 2. The van der Waals surface area contributed by atoms with Crippen molar-refractivity contribution in [1.29, 1.82) is 0 Å². The van der Waals surface area contributed by atoms with Gasteiger partial charge < -0.3 is 4.57 Å². The highest BCUT2D eigenvalue weighted by atomic mass is 16.2. The Balaban J connectivity index is 2.58. The van der Waals surface area contributed by atoms with Gasteiger partial charge in [0, 0.05) is 18.4 Å². The summed E-state index contributed by atoms with van der Waals surface area (Å²) in [6.45, 7) is 9.81. The summed E-state index contributed by atoms with van der Waals surface area (Å²) >= 11 is 0. The van der Waals surface area contributed by atoms with Gasteiger partial charge in [0.25, 0.3) is 5.56 Å². The van der Waals surface area contributed by atoms with Crippen LogP contribution in [0.4, 0.5) is 0 Å². The summed E-state index contributed by atoms with van der Waals surface area (Å²) in [5.74, 6) is 0.0900. The lowest BCUT2D eigenvalue weighted by Crippen LogP contribution is -2.42. The Labute approximate surface area is 154 Å². The van der Waals surface area contributed by atoms with Crippen LogP contribution in [0.5, 0.6) is 0 Å². The molecule has 9 nitrogen and oxygen atoms in total. The largest absolute Gasteiger partial charge is 0.333 e. The molecule has 0 aliphatic carbocycles. The van der Waals surface area contributed by atoms with E-state index in [1.54, 1.807) is 15.9 Å². The average molecular weight is 373 g/mol. The average Bonchev–Trinajstić information content (AvgIpc) is 3.08. The van der Waals surface area contributed by atoms with Crippen molar-refractivity contribution >= 4 is 28.5 Å². The third-order valence-corrected chi connectivity index (χ3v) is 5.46. The van der Waals surface area contributed by atoms with E-state index in [0.29, 0.717) is 5.78 Å². The van der Waals surface area contributed by atoms with Gasteiger partial charge >= 0.3 is 5.69 Å². The van der Waals surface area contributed by atoms with Gasteiger partial charge in [0.2, 0.25) is 5.78 Å². The summed E-state index contributed by atoms with van der Waals surface area (Å²) < 4.78 is 5.65. The maximum Gasteiger partial charge on any atom is 0.333 e. The van der Waals surface area contributed by atoms with E-state index in [1.165, 1.54) is 32.4 Å². The van der Waals surface area contributed by atoms with E-state index in [-0.39, 0.29) is 22.7 Å². The van der Waals surface area contributed by atoms with Gasteiger partial charge in [-0.05, 0) is 41.5 Å². The van der Waals surface area contributed by atoms with E-state index in [4.69, 9.17) is 0 Å². The molecule has 9 heteroatoms. The van der Waals surface area contributed by atoms with Gasteiger partial charge in [-0.1, -0.05) is 0 Å². The molecular formula is C18H23N5O4. The zero-order valence-electron chi connectivity index (χ0n) is 16.5. The van der Waals surface area contributed by atoms with Crippen LogP contribution in [0.15, 0.2) is 9.59 Å². The van der Waals surface area contributed by atoms with Gasteiger partial charge in [0.15, 0.2) is 22.7 Å². The molecule has 0 aliphatic rings. The van der Waals surface area contributed by atoms with Crippen molar-refractivity contribution in [1.82, 2.24) is 23.1 Å². The van der Waals surface area contributed by atoms with Gasteiger partial charge in [-0.25, -0.2) is 9.36 Å². The van der Waals surface area contributed by atoms with Crippen LogP contribution in [0, 0.1) is 13.8 Å². The lowest BCUT2D eigenvalue weighted by molar-refractivity contribution is -0.120. The molecule has 0 spiro atoms. The lowest BCUT2D eigenvalue weighted by atomic mass is 10.2. The van der Waals surface area contributed by atoms with Gasteiger partial charge in [-0.3, -0.25) is 23.4 Å². The van der Waals surface area contributed by atoms with E-state index in [2.05, 4.69) is 4.98 Å². The third kappa shape index (κ3) is 2.41. The number of hydrogen-bond acceptors (Lipinski definition) is 5. The Morgan fingerprint density at radius 3 is 1.96 bits per heavy atom. The monoisotopic (exact) mass is 373 g/mol. The highest BCUT2D eigenvalue weighted by molar-refractivity contribution is 5.83. The lowest BCUT2D eigenvalue weighted by Gasteiger charge is -2.13. The number of ketones is 2. The number of rotatable bonds is 4. The SMILES string of the molecule is CC(=O)[C@@H](C)n1c(=O)c2c(nc3n([C@H](C)C(C)=O)c(C)c(C)n23)n(C)c1=O. The molecule has 0 amide bonds. The Morgan fingerprint density at radius 2 is 1.44 bits per heavy atom. The van der Waals surface area contributed by atoms with Crippen LogP contribution in [0.2, 0.25) is 0 Å². The summed E-state index contributed by atoms with van der Waals surface area (Å²) in [4.78, 5) is 54.1. The fraction of sp³-hybridized carbons (Fsp3) is 0.500. The normalized spacial score (nSPS) is 14.0. The minimum Gasteiger partial charge on any atom is -0.304 e. The molecule has 3 aromatic rings. The summed E-state index contributed by atoms with van der Waals surface area (Å²) in [5.41, 5.74) is 0.824. The molecule has 0 saturated heterocycles. The molecule has 0 aliphatic heterocycles. The fourth-order valence-corrected chi connectivity index (χ4v) is 3.41. The predicted octanol–water partition coefficient (Wildman–Crippen LogP) is 1.07. The van der Waals surface area contributed by atoms with Crippen molar-refractivity contribution in [3.8, 4) is 0 Å². The zero-order chi connectivity index (χ0) is 20.4. The highest BCUT2D eigenvalue weighted by Crippen LogP contribution is 2.24. The van der Waals surface area contributed by atoms with E-state index in [1.807, 2.05) is 13.8 Å².